The van der Waals surface area contributed by atoms with E-state index in [0.717, 1.165) is 0 Å². The molecule has 0 saturated heterocycles. The van der Waals surface area contributed by atoms with E-state index in [0.29, 0.717) is 36.5 Å². The molecular formula is C19H24FN5O3. The van der Waals surface area contributed by atoms with Crippen LogP contribution in [0.25, 0.3) is 5.69 Å². The lowest BCUT2D eigenvalue weighted by Crippen LogP contribution is -2.55. The second-order valence-electron chi connectivity index (χ2n) is 6.88. The highest BCUT2D eigenvalue weighted by Crippen LogP contribution is 2.26. The number of nitrogens with one attached hydrogen (secondary N) is 2. The first kappa shape index (κ1) is 19.8. The number of carboxylic acids is 1. The highest BCUT2D eigenvalue weighted by Gasteiger charge is 2.34. The standard InChI is InChI=1S/C19H24FN5O3/c1-3-24(11-18(26)27)14-8-13(9-14)22-19(28)23-16-10-21-25(12(16)2)17-7-5-4-6-15(17)20/h4-7,10,13-14H,3,8-9,11H2,1-2H3,(H,26,27)(H2,22,23,28). The SMILES string of the molecule is CCN(CC(=O)O)C1CC(NC(=O)Nc2cnn(-c3ccccc3F)c2C)C1. The number of anilines is 1. The van der Waals surface area contributed by atoms with E-state index in [1.807, 2.05) is 11.8 Å². The molecule has 9 heteroatoms. The Hall–Kier alpha value is -2.94. The van der Waals surface area contributed by atoms with Crippen molar-refractivity contribution in [1.29, 1.82) is 0 Å². The Morgan fingerprint density at radius 1 is 1.36 bits per heavy atom. The van der Waals surface area contributed by atoms with Gasteiger partial charge in [-0.3, -0.25) is 9.69 Å². The molecule has 3 N–H and O–H groups in total. The minimum Gasteiger partial charge on any atom is -0.480 e. The van der Waals surface area contributed by atoms with E-state index < -0.39 is 11.8 Å². The summed E-state index contributed by atoms with van der Waals surface area (Å²) in [5.74, 6) is -1.25. The molecule has 0 bridgehead atoms. The van der Waals surface area contributed by atoms with Crippen LogP contribution in [-0.2, 0) is 4.79 Å². The highest BCUT2D eigenvalue weighted by atomic mass is 19.1. The molecule has 0 aliphatic heterocycles. The minimum atomic E-state index is -0.849. The number of para-hydroxylation sites is 1. The van der Waals surface area contributed by atoms with Gasteiger partial charge < -0.3 is 15.7 Å². The maximum absolute atomic E-state index is 14.0. The lowest BCUT2D eigenvalue weighted by Gasteiger charge is -2.42. The Kier molecular flexibility index (Phi) is 5.93. The third kappa shape index (κ3) is 4.30. The molecule has 1 heterocycles. The number of hydrogen-bond acceptors (Lipinski definition) is 4. The van der Waals surface area contributed by atoms with Gasteiger partial charge in [0.1, 0.15) is 11.5 Å². The van der Waals surface area contributed by atoms with Gasteiger partial charge in [0.2, 0.25) is 0 Å². The Balaban J connectivity index is 1.54. The second kappa shape index (κ2) is 8.39. The van der Waals surface area contributed by atoms with Crippen molar-refractivity contribution >= 4 is 17.7 Å². The molecule has 1 aromatic carbocycles. The molecule has 1 fully saturated rings. The molecule has 28 heavy (non-hydrogen) atoms. The average molecular weight is 389 g/mol. The van der Waals surface area contributed by atoms with Gasteiger partial charge in [-0.05, 0) is 38.4 Å². The predicted molar refractivity (Wildman–Crippen MR) is 102 cm³/mol. The molecule has 2 aromatic rings. The molecule has 1 aromatic heterocycles. The summed E-state index contributed by atoms with van der Waals surface area (Å²) in [6, 6.07) is 6.09. The van der Waals surface area contributed by atoms with Crippen LogP contribution < -0.4 is 10.6 Å². The molecule has 0 radical (unpaired) electrons. The molecule has 150 valence electrons. The number of carbonyl (C=O) groups is 2. The van der Waals surface area contributed by atoms with Crippen molar-refractivity contribution in [2.24, 2.45) is 0 Å². The van der Waals surface area contributed by atoms with Gasteiger partial charge in [-0.25, -0.2) is 13.9 Å². The van der Waals surface area contributed by atoms with Crippen LogP contribution in [0.5, 0.6) is 0 Å². The van der Waals surface area contributed by atoms with E-state index in [4.69, 9.17) is 5.11 Å². The fourth-order valence-corrected chi connectivity index (χ4v) is 3.42. The molecule has 3 rings (SSSR count). The summed E-state index contributed by atoms with van der Waals surface area (Å²) in [5.41, 5.74) is 1.43. The third-order valence-electron chi connectivity index (χ3n) is 5.05. The fraction of sp³-hybridized carbons (Fsp3) is 0.421. The van der Waals surface area contributed by atoms with Gasteiger partial charge >= 0.3 is 12.0 Å². The molecular weight excluding hydrogens is 365 g/mol. The molecule has 2 amide bonds. The van der Waals surface area contributed by atoms with E-state index in [1.165, 1.54) is 16.9 Å². The van der Waals surface area contributed by atoms with Gasteiger partial charge in [-0.2, -0.15) is 5.10 Å². The monoisotopic (exact) mass is 389 g/mol. The summed E-state index contributed by atoms with van der Waals surface area (Å²) in [4.78, 5) is 25.0. The summed E-state index contributed by atoms with van der Waals surface area (Å²) in [5, 5.41) is 18.7. The Morgan fingerprint density at radius 2 is 2.07 bits per heavy atom. The number of benzene rings is 1. The minimum absolute atomic E-state index is 0.00485. The van der Waals surface area contributed by atoms with Crippen molar-refractivity contribution in [1.82, 2.24) is 20.0 Å². The summed E-state index contributed by atoms with van der Waals surface area (Å²) in [6.07, 6.45) is 2.90. The first-order valence-electron chi connectivity index (χ1n) is 9.22. The number of likely N-dealkylation sites (N-methyl/N-ethyl adjacent to an activating group) is 1. The number of hydrogen-bond donors (Lipinski definition) is 3. The summed E-state index contributed by atoms with van der Waals surface area (Å²) in [6.45, 7) is 4.34. The second-order valence-corrected chi connectivity index (χ2v) is 6.88. The van der Waals surface area contributed by atoms with Crippen LogP contribution in [0.15, 0.2) is 30.5 Å². The Bertz CT molecular complexity index is 863. The summed E-state index contributed by atoms with van der Waals surface area (Å²) in [7, 11) is 0. The Morgan fingerprint density at radius 3 is 2.71 bits per heavy atom. The van der Waals surface area contributed by atoms with Gasteiger partial charge in [-0.15, -0.1) is 0 Å². The zero-order valence-corrected chi connectivity index (χ0v) is 15.9. The predicted octanol–water partition coefficient (Wildman–Crippen LogP) is 2.38. The van der Waals surface area contributed by atoms with Crippen LogP contribution in [0.3, 0.4) is 0 Å². The molecule has 0 spiro atoms. The number of urea groups is 1. The first-order valence-corrected chi connectivity index (χ1v) is 9.22. The molecule has 0 atom stereocenters. The molecule has 1 aliphatic carbocycles. The molecule has 1 aliphatic rings. The van der Waals surface area contributed by atoms with Gasteiger partial charge in [0, 0.05) is 12.1 Å². The normalized spacial score (nSPS) is 18.6. The van der Waals surface area contributed by atoms with Crippen LogP contribution >= 0.6 is 0 Å². The van der Waals surface area contributed by atoms with Crippen molar-refractivity contribution in [3.8, 4) is 5.69 Å². The van der Waals surface area contributed by atoms with Gasteiger partial charge in [0.05, 0.1) is 24.1 Å². The number of aliphatic carboxylic acids is 1. The number of nitrogens with zero attached hydrogens (tertiary/aromatic N) is 3. The van der Waals surface area contributed by atoms with Gasteiger partial charge in [0.25, 0.3) is 0 Å². The van der Waals surface area contributed by atoms with E-state index >= 15 is 0 Å². The zero-order valence-electron chi connectivity index (χ0n) is 15.9. The Labute approximate surface area is 162 Å². The molecule has 8 nitrogen and oxygen atoms in total. The van der Waals surface area contributed by atoms with Crippen LogP contribution in [-0.4, -0.2) is 57.0 Å². The number of amides is 2. The largest absolute Gasteiger partial charge is 0.480 e. The van der Waals surface area contributed by atoms with Crippen molar-refractivity contribution in [2.45, 2.75) is 38.8 Å². The van der Waals surface area contributed by atoms with Crippen LogP contribution in [0, 0.1) is 12.7 Å². The van der Waals surface area contributed by atoms with Crippen LogP contribution in [0.2, 0.25) is 0 Å². The van der Waals surface area contributed by atoms with Crippen molar-refractivity contribution in [2.75, 3.05) is 18.4 Å². The third-order valence-corrected chi connectivity index (χ3v) is 5.05. The summed E-state index contributed by atoms with van der Waals surface area (Å²) < 4.78 is 15.4. The van der Waals surface area contributed by atoms with E-state index in [-0.39, 0.29) is 24.7 Å². The van der Waals surface area contributed by atoms with E-state index in [2.05, 4.69) is 15.7 Å². The van der Waals surface area contributed by atoms with E-state index in [9.17, 15) is 14.0 Å². The molecule has 0 unspecified atom stereocenters. The number of aromatic nitrogens is 2. The van der Waals surface area contributed by atoms with Crippen molar-refractivity contribution < 1.29 is 19.1 Å². The highest BCUT2D eigenvalue weighted by molar-refractivity contribution is 5.90. The lowest BCUT2D eigenvalue weighted by atomic mass is 9.85. The van der Waals surface area contributed by atoms with Gasteiger partial charge in [0.15, 0.2) is 0 Å². The quantitative estimate of drug-likeness (QED) is 0.675. The zero-order chi connectivity index (χ0) is 20.3. The first-order chi connectivity index (χ1) is 13.4. The van der Waals surface area contributed by atoms with Crippen LogP contribution in [0.1, 0.15) is 25.5 Å². The van der Waals surface area contributed by atoms with E-state index in [1.54, 1.807) is 25.1 Å². The van der Waals surface area contributed by atoms with Crippen LogP contribution in [0.4, 0.5) is 14.9 Å². The van der Waals surface area contributed by atoms with Crippen molar-refractivity contribution in [3.05, 3.63) is 42.0 Å². The maximum atomic E-state index is 14.0. The fourth-order valence-electron chi connectivity index (χ4n) is 3.42. The van der Waals surface area contributed by atoms with Crippen molar-refractivity contribution in [3.63, 3.8) is 0 Å². The average Bonchev–Trinajstić information content (AvgIpc) is 2.97. The number of halogens is 1. The van der Waals surface area contributed by atoms with Gasteiger partial charge in [-0.1, -0.05) is 19.1 Å². The maximum Gasteiger partial charge on any atom is 0.319 e. The number of carboxylic acid groups (broad SMARTS) is 1. The number of rotatable bonds is 7. The lowest BCUT2D eigenvalue weighted by molar-refractivity contribution is -0.139. The molecule has 1 saturated carbocycles. The smallest absolute Gasteiger partial charge is 0.319 e. The topological polar surface area (TPSA) is 99.5 Å². The number of carbonyl (C=O) groups excluding carboxylic acids is 1. The summed E-state index contributed by atoms with van der Waals surface area (Å²) >= 11 is 0.